The summed E-state index contributed by atoms with van der Waals surface area (Å²) in [4.78, 5) is 27.5. The Labute approximate surface area is 147 Å². The number of benzene rings is 1. The van der Waals surface area contributed by atoms with Crippen LogP contribution in [0.1, 0.15) is 13.3 Å². The summed E-state index contributed by atoms with van der Waals surface area (Å²) < 4.78 is 11.1. The van der Waals surface area contributed by atoms with E-state index < -0.39 is 0 Å². The number of alkyl halides is 1. The molecule has 1 saturated heterocycles. The summed E-state index contributed by atoms with van der Waals surface area (Å²) in [6.07, 6.45) is 0.340. The molecule has 1 aromatic carbocycles. The first-order valence-electron chi connectivity index (χ1n) is 8.11. The first kappa shape index (κ1) is 18.4. The number of piperazine rings is 1. The highest BCUT2D eigenvalue weighted by Crippen LogP contribution is 2.26. The molecule has 0 N–H and O–H groups in total. The maximum absolute atomic E-state index is 12.3. The number of amides is 2. The third-order valence-corrected chi connectivity index (χ3v) is 3.98. The van der Waals surface area contributed by atoms with E-state index in [4.69, 9.17) is 21.1 Å². The molecule has 0 radical (unpaired) electrons. The molecule has 0 aromatic heterocycles. The molecule has 24 heavy (non-hydrogen) atoms. The fourth-order valence-electron chi connectivity index (χ4n) is 2.52. The summed E-state index contributed by atoms with van der Waals surface area (Å²) in [5.74, 6) is 1.46. The van der Waals surface area contributed by atoms with Crippen molar-refractivity contribution in [2.45, 2.75) is 13.3 Å². The Morgan fingerprint density at radius 2 is 1.54 bits per heavy atom. The summed E-state index contributed by atoms with van der Waals surface area (Å²) in [6.45, 7) is 4.50. The minimum Gasteiger partial charge on any atom is -0.490 e. The van der Waals surface area contributed by atoms with Crippen molar-refractivity contribution in [1.82, 2.24) is 9.80 Å². The second kappa shape index (κ2) is 9.37. The number of carbonyl (C=O) groups is 2. The minimum absolute atomic E-state index is 0.0407. The predicted octanol–water partition coefficient (Wildman–Crippen LogP) is 1.76. The van der Waals surface area contributed by atoms with Gasteiger partial charge in [0.1, 0.15) is 0 Å². The lowest BCUT2D eigenvalue weighted by Crippen LogP contribution is -2.51. The molecule has 2 amide bonds. The Bertz CT molecular complexity index is 559. The van der Waals surface area contributed by atoms with Crippen LogP contribution >= 0.6 is 11.6 Å². The van der Waals surface area contributed by atoms with Gasteiger partial charge in [-0.05, 0) is 19.1 Å². The van der Waals surface area contributed by atoms with Crippen molar-refractivity contribution in [3.8, 4) is 11.5 Å². The van der Waals surface area contributed by atoms with Crippen LogP contribution in [0.5, 0.6) is 11.5 Å². The van der Waals surface area contributed by atoms with Crippen LogP contribution in [0.2, 0.25) is 0 Å². The van der Waals surface area contributed by atoms with E-state index in [-0.39, 0.29) is 18.4 Å². The van der Waals surface area contributed by atoms with Crippen molar-refractivity contribution < 1.29 is 19.1 Å². The van der Waals surface area contributed by atoms with E-state index in [1.54, 1.807) is 15.9 Å². The van der Waals surface area contributed by atoms with Gasteiger partial charge >= 0.3 is 0 Å². The van der Waals surface area contributed by atoms with Gasteiger partial charge in [-0.25, -0.2) is 0 Å². The van der Waals surface area contributed by atoms with E-state index in [0.29, 0.717) is 56.6 Å². The fraction of sp³-hybridized carbons (Fsp3) is 0.529. The molecule has 0 atom stereocenters. The van der Waals surface area contributed by atoms with Crippen molar-refractivity contribution in [1.29, 1.82) is 0 Å². The molecule has 1 aromatic rings. The van der Waals surface area contributed by atoms with Crippen LogP contribution < -0.4 is 9.47 Å². The van der Waals surface area contributed by atoms with Crippen LogP contribution in [-0.2, 0) is 9.59 Å². The molecular formula is C17H23ClN2O4. The van der Waals surface area contributed by atoms with Crippen LogP contribution in [-0.4, -0.2) is 66.9 Å². The molecule has 1 aliphatic heterocycles. The molecule has 1 fully saturated rings. The van der Waals surface area contributed by atoms with E-state index in [0.717, 1.165) is 0 Å². The maximum atomic E-state index is 12.3. The van der Waals surface area contributed by atoms with Gasteiger partial charge < -0.3 is 19.3 Å². The fourth-order valence-corrected chi connectivity index (χ4v) is 2.68. The van der Waals surface area contributed by atoms with Gasteiger partial charge in [0.25, 0.3) is 5.91 Å². The normalized spacial score (nSPS) is 14.4. The highest BCUT2D eigenvalue weighted by atomic mass is 35.5. The molecule has 6 nitrogen and oxygen atoms in total. The van der Waals surface area contributed by atoms with Gasteiger partial charge in [-0.3, -0.25) is 9.59 Å². The number of rotatable bonds is 7. The molecule has 1 heterocycles. The zero-order valence-corrected chi connectivity index (χ0v) is 14.6. The third-order valence-electron chi connectivity index (χ3n) is 3.79. The van der Waals surface area contributed by atoms with Crippen LogP contribution in [0, 0.1) is 0 Å². The van der Waals surface area contributed by atoms with Gasteiger partial charge in [0.2, 0.25) is 5.91 Å². The van der Waals surface area contributed by atoms with Crippen molar-refractivity contribution in [3.63, 3.8) is 0 Å². The molecule has 0 bridgehead atoms. The van der Waals surface area contributed by atoms with Gasteiger partial charge in [-0.1, -0.05) is 12.1 Å². The number of para-hydroxylation sites is 2. The van der Waals surface area contributed by atoms with E-state index in [1.807, 2.05) is 25.1 Å². The largest absolute Gasteiger partial charge is 0.490 e. The molecule has 1 aliphatic rings. The van der Waals surface area contributed by atoms with Gasteiger partial charge in [-0.15, -0.1) is 11.6 Å². The third kappa shape index (κ3) is 5.03. The Morgan fingerprint density at radius 1 is 1.00 bits per heavy atom. The van der Waals surface area contributed by atoms with Crippen LogP contribution in [0.25, 0.3) is 0 Å². The highest BCUT2D eigenvalue weighted by Gasteiger charge is 2.24. The van der Waals surface area contributed by atoms with E-state index >= 15 is 0 Å². The zero-order valence-electron chi connectivity index (χ0n) is 13.9. The molecule has 0 aliphatic carbocycles. The molecule has 0 unspecified atom stereocenters. The number of halogens is 1. The average molecular weight is 355 g/mol. The van der Waals surface area contributed by atoms with Crippen molar-refractivity contribution in [2.24, 2.45) is 0 Å². The van der Waals surface area contributed by atoms with Gasteiger partial charge in [0.05, 0.1) is 6.61 Å². The van der Waals surface area contributed by atoms with E-state index in [1.165, 1.54) is 0 Å². The number of hydrogen-bond donors (Lipinski definition) is 0. The van der Waals surface area contributed by atoms with Crippen molar-refractivity contribution in [2.75, 3.05) is 45.3 Å². The van der Waals surface area contributed by atoms with Crippen LogP contribution in [0.15, 0.2) is 24.3 Å². The summed E-state index contributed by atoms with van der Waals surface area (Å²) >= 11 is 5.59. The highest BCUT2D eigenvalue weighted by molar-refractivity contribution is 6.18. The Hall–Kier alpha value is -1.95. The SMILES string of the molecule is CCOc1ccccc1OCC(=O)N1CCN(C(=O)CCCl)CC1. The second-order valence-corrected chi connectivity index (χ2v) is 5.75. The first-order valence-corrected chi connectivity index (χ1v) is 8.65. The molecule has 0 saturated carbocycles. The number of carbonyl (C=O) groups excluding carboxylic acids is 2. The van der Waals surface area contributed by atoms with Gasteiger partial charge in [0.15, 0.2) is 18.1 Å². The standard InChI is InChI=1S/C17H23ClN2O4/c1-2-23-14-5-3-4-6-15(14)24-13-17(22)20-11-9-19(10-12-20)16(21)7-8-18/h3-6H,2,7-13H2,1H3. The summed E-state index contributed by atoms with van der Waals surface area (Å²) in [5.41, 5.74) is 0. The number of hydrogen-bond acceptors (Lipinski definition) is 4. The van der Waals surface area contributed by atoms with Crippen LogP contribution in [0.4, 0.5) is 0 Å². The topological polar surface area (TPSA) is 59.1 Å². The molecule has 0 spiro atoms. The Morgan fingerprint density at radius 3 is 2.08 bits per heavy atom. The lowest BCUT2D eigenvalue weighted by Gasteiger charge is -2.34. The van der Waals surface area contributed by atoms with Gasteiger partial charge in [-0.2, -0.15) is 0 Å². The average Bonchev–Trinajstić information content (AvgIpc) is 2.61. The van der Waals surface area contributed by atoms with Crippen molar-refractivity contribution in [3.05, 3.63) is 24.3 Å². The molecule has 7 heteroatoms. The monoisotopic (exact) mass is 354 g/mol. The first-order chi connectivity index (χ1) is 11.7. The van der Waals surface area contributed by atoms with Crippen molar-refractivity contribution >= 4 is 23.4 Å². The Balaban J connectivity index is 1.81. The van der Waals surface area contributed by atoms with E-state index in [2.05, 4.69) is 0 Å². The van der Waals surface area contributed by atoms with Gasteiger partial charge in [0, 0.05) is 38.5 Å². The second-order valence-electron chi connectivity index (χ2n) is 5.37. The lowest BCUT2D eigenvalue weighted by molar-refractivity contribution is -0.140. The zero-order chi connectivity index (χ0) is 17.4. The summed E-state index contributed by atoms with van der Waals surface area (Å²) in [5, 5.41) is 0. The predicted molar refractivity (Wildman–Crippen MR) is 91.6 cm³/mol. The summed E-state index contributed by atoms with van der Waals surface area (Å²) in [7, 11) is 0. The maximum Gasteiger partial charge on any atom is 0.260 e. The quantitative estimate of drug-likeness (QED) is 0.700. The smallest absolute Gasteiger partial charge is 0.260 e. The number of nitrogens with zero attached hydrogens (tertiary/aromatic N) is 2. The van der Waals surface area contributed by atoms with Crippen LogP contribution in [0.3, 0.4) is 0 Å². The lowest BCUT2D eigenvalue weighted by atomic mass is 10.3. The minimum atomic E-state index is -0.0919. The number of ether oxygens (including phenoxy) is 2. The molecule has 132 valence electrons. The summed E-state index contributed by atoms with van der Waals surface area (Å²) in [6, 6.07) is 7.28. The van der Waals surface area contributed by atoms with E-state index in [9.17, 15) is 9.59 Å². The Kier molecular flexibility index (Phi) is 7.18. The molecular weight excluding hydrogens is 332 g/mol. The molecule has 2 rings (SSSR count).